The molecule has 0 unspecified atom stereocenters. The summed E-state index contributed by atoms with van der Waals surface area (Å²) in [6.07, 6.45) is 4.18. The van der Waals surface area contributed by atoms with Crippen molar-refractivity contribution in [3.05, 3.63) is 11.9 Å². The molecule has 0 spiro atoms. The Morgan fingerprint density at radius 2 is 1.82 bits per heavy atom. The van der Waals surface area contributed by atoms with Crippen LogP contribution in [0.5, 0.6) is 0 Å². The van der Waals surface area contributed by atoms with Gasteiger partial charge in [-0.25, -0.2) is 9.36 Å². The third-order valence-corrected chi connectivity index (χ3v) is 15.0. The second-order valence-corrected chi connectivity index (χ2v) is 18.9. The maximum absolute atomic E-state index is 13.8. The molecule has 4 rings (SSSR count). The number of fused-ring (bicyclic) bond motifs is 5. The van der Waals surface area contributed by atoms with Crippen LogP contribution in [0.4, 0.5) is 16.4 Å². The molecule has 0 aliphatic carbocycles. The topological polar surface area (TPSA) is 62.0 Å². The lowest BCUT2D eigenvalue weighted by Gasteiger charge is -2.44. The quantitative estimate of drug-likeness (QED) is 0.333. The van der Waals surface area contributed by atoms with Gasteiger partial charge in [-0.3, -0.25) is 9.80 Å². The lowest BCUT2D eigenvalue weighted by Crippen LogP contribution is -2.54. The van der Waals surface area contributed by atoms with Gasteiger partial charge in [-0.2, -0.15) is 0 Å². The molecule has 1 aromatic rings. The van der Waals surface area contributed by atoms with E-state index in [-0.39, 0.29) is 12.1 Å². The third-order valence-electron chi connectivity index (χ3n) is 8.93. The number of hydrogen-bond acceptors (Lipinski definition) is 6. The molecular weight excluding hydrogens is 494 g/mol. The lowest BCUT2D eigenvalue weighted by atomic mass is 10.2. The molecule has 0 aromatic carbocycles. The third kappa shape index (κ3) is 5.29. The Labute approximate surface area is 231 Å². The molecule has 0 bridgehead atoms. The zero-order valence-electron chi connectivity index (χ0n) is 25.6. The fourth-order valence-corrected chi connectivity index (χ4v) is 12.9. The molecular formula is C29H52N5O3Si+. The van der Waals surface area contributed by atoms with E-state index in [0.717, 1.165) is 31.0 Å². The number of ether oxygens (including phenoxy) is 1. The van der Waals surface area contributed by atoms with E-state index in [1.165, 1.54) is 18.7 Å². The molecule has 2 atom stereocenters. The van der Waals surface area contributed by atoms with Crippen LogP contribution < -0.4 is 14.4 Å². The maximum Gasteiger partial charge on any atom is 0.410 e. The first-order chi connectivity index (χ1) is 17.8. The highest BCUT2D eigenvalue weighted by Crippen LogP contribution is 2.43. The predicted molar refractivity (Wildman–Crippen MR) is 155 cm³/mol. The molecule has 0 N–H and O–H groups in total. The highest BCUT2D eigenvalue weighted by molar-refractivity contribution is 6.77. The van der Waals surface area contributed by atoms with Crippen LogP contribution in [0.1, 0.15) is 87.6 Å². The highest BCUT2D eigenvalue weighted by Gasteiger charge is 2.48. The second kappa shape index (κ2) is 10.9. The molecule has 9 heteroatoms. The van der Waals surface area contributed by atoms with Gasteiger partial charge < -0.3 is 14.1 Å². The van der Waals surface area contributed by atoms with Gasteiger partial charge in [0.1, 0.15) is 23.8 Å². The van der Waals surface area contributed by atoms with E-state index in [2.05, 4.69) is 62.8 Å². The molecule has 1 saturated heterocycles. The number of amides is 1. The van der Waals surface area contributed by atoms with E-state index in [1.807, 2.05) is 32.0 Å². The Kier molecular flexibility index (Phi) is 8.39. The van der Waals surface area contributed by atoms with Crippen LogP contribution in [-0.4, -0.2) is 68.2 Å². The summed E-state index contributed by atoms with van der Waals surface area (Å²) in [5, 5.41) is 0. The molecule has 1 fully saturated rings. The van der Waals surface area contributed by atoms with Crippen molar-refractivity contribution >= 4 is 26.0 Å². The summed E-state index contributed by atoms with van der Waals surface area (Å²) in [6.45, 7) is 26.5. The Bertz CT molecular complexity index is 987. The first kappa shape index (κ1) is 29.1. The minimum Gasteiger partial charge on any atom is -0.444 e. The molecule has 3 aliphatic rings. The largest absolute Gasteiger partial charge is 0.444 e. The summed E-state index contributed by atoms with van der Waals surface area (Å²) >= 11 is 0. The number of rotatable bonds is 7. The maximum atomic E-state index is 13.8. The standard InChI is InChI=1S/C29H52N5O3Si/c1-11-31-16-24(18-36-38(20(2)3,21(4)5)22(6)7)34(28(35)37-29(8,9)10)17-25-26(31)30-19-32-15-23-13-12-14-33(23)27(25)32/h19-24H,11-18H2,1-10H3/q+1/t23-,24+/m1/s1. The Morgan fingerprint density at radius 3 is 2.39 bits per heavy atom. The van der Waals surface area contributed by atoms with Crippen molar-refractivity contribution in [3.63, 3.8) is 0 Å². The summed E-state index contributed by atoms with van der Waals surface area (Å²) in [7, 11) is -2.11. The van der Waals surface area contributed by atoms with Crippen LogP contribution in [-0.2, 0) is 22.3 Å². The van der Waals surface area contributed by atoms with Gasteiger partial charge in [-0.05, 0) is 57.2 Å². The summed E-state index contributed by atoms with van der Waals surface area (Å²) in [4.78, 5) is 25.7. The van der Waals surface area contributed by atoms with E-state index in [4.69, 9.17) is 14.1 Å². The molecule has 1 aromatic heterocycles. The first-order valence-corrected chi connectivity index (χ1v) is 17.0. The van der Waals surface area contributed by atoms with Crippen LogP contribution in [0, 0.1) is 0 Å². The number of carbonyl (C=O) groups excluding carboxylic acids is 1. The van der Waals surface area contributed by atoms with Crippen molar-refractivity contribution in [2.45, 2.75) is 129 Å². The molecule has 214 valence electrons. The van der Waals surface area contributed by atoms with Gasteiger partial charge in [0.15, 0.2) is 8.32 Å². The monoisotopic (exact) mass is 546 g/mol. The van der Waals surface area contributed by atoms with Gasteiger partial charge in [-0.1, -0.05) is 46.5 Å². The van der Waals surface area contributed by atoms with Gasteiger partial charge in [0.2, 0.25) is 18.0 Å². The smallest absolute Gasteiger partial charge is 0.410 e. The first-order valence-electron chi connectivity index (χ1n) is 14.9. The molecule has 8 nitrogen and oxygen atoms in total. The molecule has 1 amide bonds. The molecule has 38 heavy (non-hydrogen) atoms. The molecule has 4 heterocycles. The predicted octanol–water partition coefficient (Wildman–Crippen LogP) is 5.49. The van der Waals surface area contributed by atoms with Crippen molar-refractivity contribution in [2.75, 3.05) is 36.0 Å². The average Bonchev–Trinajstić information content (AvgIpc) is 3.35. The van der Waals surface area contributed by atoms with Gasteiger partial charge in [-0.15, -0.1) is 0 Å². The molecule has 0 radical (unpaired) electrons. The minimum atomic E-state index is -2.11. The van der Waals surface area contributed by atoms with E-state index >= 15 is 0 Å². The van der Waals surface area contributed by atoms with Crippen LogP contribution in [0.2, 0.25) is 16.6 Å². The highest BCUT2D eigenvalue weighted by atomic mass is 28.4. The van der Waals surface area contributed by atoms with Crippen molar-refractivity contribution in [1.82, 2.24) is 9.88 Å². The van der Waals surface area contributed by atoms with Crippen molar-refractivity contribution < 1.29 is 18.5 Å². The Balaban J connectivity index is 1.74. The van der Waals surface area contributed by atoms with Crippen molar-refractivity contribution in [2.24, 2.45) is 0 Å². The van der Waals surface area contributed by atoms with Gasteiger partial charge >= 0.3 is 6.09 Å². The fourth-order valence-electron chi connectivity index (χ4n) is 7.38. The Morgan fingerprint density at radius 1 is 1.16 bits per heavy atom. The molecule has 0 saturated carbocycles. The van der Waals surface area contributed by atoms with Gasteiger partial charge in [0.05, 0.1) is 25.7 Å². The minimum absolute atomic E-state index is 0.126. The van der Waals surface area contributed by atoms with Crippen molar-refractivity contribution in [1.29, 1.82) is 0 Å². The van der Waals surface area contributed by atoms with Crippen LogP contribution in [0.15, 0.2) is 6.33 Å². The van der Waals surface area contributed by atoms with Crippen LogP contribution in [0.3, 0.4) is 0 Å². The molecule has 3 aliphatic heterocycles. The van der Waals surface area contributed by atoms with Gasteiger partial charge in [0, 0.05) is 13.1 Å². The SMILES string of the molecule is CCN1C[C@@H](CO[Si](C(C)C)(C(C)C)C(C)C)N(C(=O)OC(C)(C)C)Cc2c1nc[n+]1c2N2CCC[C@@H]2C1. The van der Waals surface area contributed by atoms with E-state index in [1.54, 1.807) is 0 Å². The van der Waals surface area contributed by atoms with Crippen LogP contribution in [0.25, 0.3) is 0 Å². The fraction of sp³-hybridized carbons (Fsp3) is 0.828. The number of likely N-dealkylation sites (N-methyl/N-ethyl adjacent to an activating group) is 1. The average molecular weight is 547 g/mol. The summed E-state index contributed by atoms with van der Waals surface area (Å²) in [5.74, 6) is 2.24. The number of hydrogen-bond donors (Lipinski definition) is 0. The van der Waals surface area contributed by atoms with E-state index < -0.39 is 13.9 Å². The summed E-state index contributed by atoms with van der Waals surface area (Å²) in [5.41, 5.74) is 2.02. The van der Waals surface area contributed by atoms with E-state index in [0.29, 0.717) is 42.4 Å². The van der Waals surface area contributed by atoms with Gasteiger partial charge in [0.25, 0.3) is 0 Å². The number of anilines is 2. The normalized spacial score (nSPS) is 21.8. The number of carbonyl (C=O) groups is 1. The van der Waals surface area contributed by atoms with E-state index in [9.17, 15) is 4.79 Å². The lowest BCUT2D eigenvalue weighted by molar-refractivity contribution is -0.677. The number of aromatic nitrogens is 2. The van der Waals surface area contributed by atoms with Crippen LogP contribution >= 0.6 is 0 Å². The number of nitrogens with zero attached hydrogens (tertiary/aromatic N) is 5. The Hall–Kier alpha value is -1.87. The summed E-state index contributed by atoms with van der Waals surface area (Å²) < 4.78 is 15.4. The second-order valence-electron chi connectivity index (χ2n) is 13.4. The zero-order valence-corrected chi connectivity index (χ0v) is 26.6. The van der Waals surface area contributed by atoms with Crippen molar-refractivity contribution in [3.8, 4) is 0 Å². The zero-order chi connectivity index (χ0) is 28.0. The summed E-state index contributed by atoms with van der Waals surface area (Å²) in [6, 6.07) is 0.407.